The second-order valence-corrected chi connectivity index (χ2v) is 9.46. The van der Waals surface area contributed by atoms with Crippen LogP contribution in [0.1, 0.15) is 25.8 Å². The van der Waals surface area contributed by atoms with Crippen molar-refractivity contribution in [1.29, 1.82) is 0 Å². The van der Waals surface area contributed by atoms with E-state index in [1.165, 1.54) is 4.31 Å². The van der Waals surface area contributed by atoms with Crippen LogP contribution in [0.2, 0.25) is 0 Å². The normalized spacial score (nSPS) is 18.9. The maximum absolute atomic E-state index is 12.9. The molecule has 27 heavy (non-hydrogen) atoms. The van der Waals surface area contributed by atoms with Gasteiger partial charge in [-0.05, 0) is 43.5 Å². The molecule has 1 saturated heterocycles. The van der Waals surface area contributed by atoms with E-state index < -0.39 is 16.0 Å². The van der Waals surface area contributed by atoms with Gasteiger partial charge in [0.1, 0.15) is 0 Å². The van der Waals surface area contributed by atoms with E-state index in [0.717, 1.165) is 18.4 Å². The lowest BCUT2D eigenvalue weighted by atomic mass is 10.0. The number of nitrogens with zero attached hydrogens (tertiary/aromatic N) is 2. The predicted molar refractivity (Wildman–Crippen MR) is 103 cm³/mol. The number of morpholine rings is 1. The summed E-state index contributed by atoms with van der Waals surface area (Å²) in [5.74, 6) is -0.312. The lowest BCUT2D eigenvalue weighted by molar-refractivity contribution is -0.138. The van der Waals surface area contributed by atoms with Crippen LogP contribution in [0, 0.1) is 5.92 Å². The first-order chi connectivity index (χ1) is 12.7. The van der Waals surface area contributed by atoms with Crippen LogP contribution in [0.25, 0.3) is 0 Å². The Morgan fingerprint density at radius 1 is 1.33 bits per heavy atom. The number of benzene rings is 1. The van der Waals surface area contributed by atoms with Crippen LogP contribution >= 0.6 is 0 Å². The number of aliphatic carboxylic acids is 1. The molecule has 0 aliphatic carbocycles. The van der Waals surface area contributed by atoms with E-state index in [2.05, 4.69) is 13.8 Å². The van der Waals surface area contributed by atoms with E-state index in [1.807, 2.05) is 12.1 Å². The minimum Gasteiger partial charge on any atom is -0.480 e. The summed E-state index contributed by atoms with van der Waals surface area (Å²) in [5.41, 5.74) is 1.14. The highest BCUT2D eigenvalue weighted by Crippen LogP contribution is 2.20. The van der Waals surface area contributed by atoms with Gasteiger partial charge in [0.25, 0.3) is 0 Å². The van der Waals surface area contributed by atoms with Crippen molar-refractivity contribution in [3.63, 3.8) is 0 Å². The predicted octanol–water partition coefficient (Wildman–Crippen LogP) is 1.68. The zero-order valence-electron chi connectivity index (χ0n) is 16.3. The molecule has 1 aliphatic rings. The van der Waals surface area contributed by atoms with Gasteiger partial charge in [-0.1, -0.05) is 26.0 Å². The zero-order valence-corrected chi connectivity index (χ0v) is 17.1. The number of carboxylic acid groups (broad SMARTS) is 1. The van der Waals surface area contributed by atoms with Crippen molar-refractivity contribution < 1.29 is 23.1 Å². The van der Waals surface area contributed by atoms with Crippen LogP contribution in [0.3, 0.4) is 0 Å². The number of carbonyl (C=O) groups is 1. The number of ether oxygens (including phenoxy) is 1. The second-order valence-electron chi connectivity index (χ2n) is 7.52. The van der Waals surface area contributed by atoms with E-state index in [9.17, 15) is 13.2 Å². The van der Waals surface area contributed by atoms with Gasteiger partial charge in [0.15, 0.2) is 0 Å². The number of hydrogen-bond acceptors (Lipinski definition) is 5. The van der Waals surface area contributed by atoms with E-state index in [0.29, 0.717) is 25.6 Å². The Morgan fingerprint density at radius 3 is 2.59 bits per heavy atom. The average Bonchev–Trinajstić information content (AvgIpc) is 2.59. The third-order valence-corrected chi connectivity index (χ3v) is 6.47. The van der Waals surface area contributed by atoms with Crippen LogP contribution < -0.4 is 0 Å². The molecular formula is C19H30N2O5S. The van der Waals surface area contributed by atoms with Gasteiger partial charge < -0.3 is 9.84 Å². The van der Waals surface area contributed by atoms with Gasteiger partial charge in [0.2, 0.25) is 10.0 Å². The van der Waals surface area contributed by atoms with Crippen molar-refractivity contribution in [2.45, 2.75) is 37.7 Å². The van der Waals surface area contributed by atoms with Crippen molar-refractivity contribution in [1.82, 2.24) is 9.21 Å². The Balaban J connectivity index is 2.01. The van der Waals surface area contributed by atoms with Crippen molar-refractivity contribution in [3.8, 4) is 0 Å². The van der Waals surface area contributed by atoms with Crippen molar-refractivity contribution in [2.24, 2.45) is 5.92 Å². The maximum Gasteiger partial charge on any atom is 0.317 e. The van der Waals surface area contributed by atoms with E-state index in [1.54, 1.807) is 24.1 Å². The Labute approximate surface area is 162 Å². The molecule has 8 heteroatoms. The largest absolute Gasteiger partial charge is 0.480 e. The Hall–Kier alpha value is -1.48. The Bertz CT molecular complexity index is 718. The van der Waals surface area contributed by atoms with Crippen molar-refractivity contribution in [2.75, 3.05) is 39.8 Å². The first-order valence-corrected chi connectivity index (χ1v) is 10.7. The Morgan fingerprint density at radius 2 is 2.00 bits per heavy atom. The molecule has 1 heterocycles. The average molecular weight is 399 g/mol. The number of likely N-dealkylation sites (N-methyl/N-ethyl adjacent to an activating group) is 1. The monoisotopic (exact) mass is 398 g/mol. The summed E-state index contributed by atoms with van der Waals surface area (Å²) in [7, 11) is -1.90. The molecule has 1 aliphatic heterocycles. The second kappa shape index (κ2) is 9.64. The summed E-state index contributed by atoms with van der Waals surface area (Å²) in [6.07, 6.45) is 1.66. The summed E-state index contributed by atoms with van der Waals surface area (Å²) < 4.78 is 32.9. The summed E-state index contributed by atoms with van der Waals surface area (Å²) in [5, 5.41) is 8.85. The number of hydrogen-bond donors (Lipinski definition) is 1. The molecule has 1 aromatic carbocycles. The van der Waals surface area contributed by atoms with Gasteiger partial charge in [-0.2, -0.15) is 4.31 Å². The summed E-state index contributed by atoms with van der Waals surface area (Å²) in [6.45, 7) is 5.43. The molecule has 1 atom stereocenters. The Kier molecular flexibility index (Phi) is 7.79. The molecule has 0 spiro atoms. The fourth-order valence-electron chi connectivity index (χ4n) is 3.10. The molecule has 7 nitrogen and oxygen atoms in total. The van der Waals surface area contributed by atoms with Gasteiger partial charge in [0.05, 0.1) is 24.2 Å². The van der Waals surface area contributed by atoms with E-state index >= 15 is 0 Å². The molecule has 1 fully saturated rings. The number of rotatable bonds is 9. The van der Waals surface area contributed by atoms with Crippen molar-refractivity contribution >= 4 is 16.0 Å². The highest BCUT2D eigenvalue weighted by atomic mass is 32.2. The standard InChI is InChI=1S/C19H30N2O5S/c1-15(2)4-5-16-6-8-18(9-7-16)27(24,25)21-10-11-26-17(13-21)12-20(3)14-19(22)23/h6-9,15,17H,4-5,10-14H2,1-3H3,(H,22,23). The number of sulfonamides is 1. The topological polar surface area (TPSA) is 87.2 Å². The number of aryl methyl sites for hydroxylation is 1. The molecule has 2 rings (SSSR count). The molecule has 1 unspecified atom stereocenters. The van der Waals surface area contributed by atoms with Gasteiger partial charge in [-0.15, -0.1) is 0 Å². The fraction of sp³-hybridized carbons (Fsp3) is 0.632. The first kappa shape index (κ1) is 21.8. The summed E-state index contributed by atoms with van der Waals surface area (Å²) in [4.78, 5) is 12.7. The zero-order chi connectivity index (χ0) is 20.0. The lowest BCUT2D eigenvalue weighted by Crippen LogP contribution is -2.49. The number of carboxylic acids is 1. The van der Waals surface area contributed by atoms with Crippen LogP contribution in [0.5, 0.6) is 0 Å². The van der Waals surface area contributed by atoms with Crippen LogP contribution in [0.4, 0.5) is 0 Å². The van der Waals surface area contributed by atoms with Crippen molar-refractivity contribution in [3.05, 3.63) is 29.8 Å². The molecule has 0 aromatic heterocycles. The van der Waals surface area contributed by atoms with Crippen LogP contribution in [0.15, 0.2) is 29.2 Å². The molecule has 1 N–H and O–H groups in total. The third kappa shape index (κ3) is 6.57. The maximum atomic E-state index is 12.9. The fourth-order valence-corrected chi connectivity index (χ4v) is 4.55. The highest BCUT2D eigenvalue weighted by Gasteiger charge is 2.31. The minimum absolute atomic E-state index is 0.107. The molecule has 1 aromatic rings. The quantitative estimate of drug-likeness (QED) is 0.681. The molecule has 0 radical (unpaired) electrons. The van der Waals surface area contributed by atoms with Crippen LogP contribution in [-0.2, 0) is 26.0 Å². The lowest BCUT2D eigenvalue weighted by Gasteiger charge is -2.33. The molecular weight excluding hydrogens is 368 g/mol. The van der Waals surface area contributed by atoms with Gasteiger partial charge in [-0.3, -0.25) is 9.69 Å². The van der Waals surface area contributed by atoms with Gasteiger partial charge >= 0.3 is 5.97 Å². The van der Waals surface area contributed by atoms with E-state index in [-0.39, 0.29) is 24.1 Å². The minimum atomic E-state index is -3.58. The molecule has 152 valence electrons. The highest BCUT2D eigenvalue weighted by molar-refractivity contribution is 7.89. The smallest absolute Gasteiger partial charge is 0.317 e. The SMILES string of the molecule is CC(C)CCc1ccc(S(=O)(=O)N2CCOC(CN(C)CC(=O)O)C2)cc1. The molecule has 0 amide bonds. The van der Waals surface area contributed by atoms with Gasteiger partial charge in [-0.25, -0.2) is 8.42 Å². The molecule has 0 saturated carbocycles. The van der Waals surface area contributed by atoms with Gasteiger partial charge in [0, 0.05) is 19.6 Å². The van der Waals surface area contributed by atoms with Crippen LogP contribution in [-0.4, -0.2) is 74.6 Å². The summed E-state index contributed by atoms with van der Waals surface area (Å²) in [6, 6.07) is 7.11. The first-order valence-electron chi connectivity index (χ1n) is 9.29. The summed E-state index contributed by atoms with van der Waals surface area (Å²) >= 11 is 0. The van der Waals surface area contributed by atoms with E-state index in [4.69, 9.17) is 9.84 Å². The molecule has 0 bridgehead atoms. The third-order valence-electron chi connectivity index (χ3n) is 4.59.